The molecule has 8 heteroatoms. The summed E-state index contributed by atoms with van der Waals surface area (Å²) in [7, 11) is 1.70. The summed E-state index contributed by atoms with van der Waals surface area (Å²) in [5.74, 6) is -0.0600. The minimum absolute atomic E-state index is 0. The van der Waals surface area contributed by atoms with E-state index in [1.807, 2.05) is 12.1 Å². The number of halogens is 3. The van der Waals surface area contributed by atoms with Crippen molar-refractivity contribution in [2.24, 2.45) is 4.99 Å². The van der Waals surface area contributed by atoms with Crippen LogP contribution in [0.15, 0.2) is 47.5 Å². The third-order valence-electron chi connectivity index (χ3n) is 4.73. The Hall–Kier alpha value is -2.10. The van der Waals surface area contributed by atoms with Crippen LogP contribution in [0.3, 0.4) is 0 Å². The second kappa shape index (κ2) is 10.4. The van der Waals surface area contributed by atoms with Gasteiger partial charge in [-0.1, -0.05) is 18.2 Å². The molecule has 1 aliphatic rings. The number of guanidine groups is 1. The highest BCUT2D eigenvalue weighted by atomic mass is 127. The molecule has 28 heavy (non-hydrogen) atoms. The van der Waals surface area contributed by atoms with E-state index in [1.54, 1.807) is 19.2 Å². The molecule has 2 N–H and O–H groups in total. The smallest absolute Gasteiger partial charge is 0.193 e. The first-order valence-electron chi connectivity index (χ1n) is 9.01. The number of benzene rings is 2. The fourth-order valence-electron chi connectivity index (χ4n) is 3.29. The van der Waals surface area contributed by atoms with Gasteiger partial charge in [-0.25, -0.2) is 8.78 Å². The normalized spacial score (nSPS) is 14.6. The maximum absolute atomic E-state index is 13.7. The molecule has 1 aliphatic heterocycles. The van der Waals surface area contributed by atoms with Gasteiger partial charge in [-0.05, 0) is 30.7 Å². The van der Waals surface area contributed by atoms with Crippen molar-refractivity contribution in [1.82, 2.24) is 10.2 Å². The molecule has 0 saturated carbocycles. The molecule has 0 aromatic heterocycles. The van der Waals surface area contributed by atoms with E-state index < -0.39 is 11.6 Å². The summed E-state index contributed by atoms with van der Waals surface area (Å²) in [6.07, 6.45) is 0.245. The van der Waals surface area contributed by atoms with Gasteiger partial charge in [0.25, 0.3) is 0 Å². The molecule has 2 aromatic carbocycles. The molecule has 2 aromatic rings. The molecule has 5 nitrogen and oxygen atoms in total. The van der Waals surface area contributed by atoms with Gasteiger partial charge in [0.15, 0.2) is 5.96 Å². The minimum atomic E-state index is -0.525. The quantitative estimate of drug-likeness (QED) is 0.383. The summed E-state index contributed by atoms with van der Waals surface area (Å²) in [4.78, 5) is 8.52. The lowest BCUT2D eigenvalue weighted by Crippen LogP contribution is -2.52. The van der Waals surface area contributed by atoms with Crippen molar-refractivity contribution in [3.63, 3.8) is 0 Å². The Morgan fingerprint density at radius 1 is 1.04 bits per heavy atom. The molecule has 0 aliphatic carbocycles. The summed E-state index contributed by atoms with van der Waals surface area (Å²) < 4.78 is 27.4. The molecular weight excluding hydrogens is 477 g/mol. The zero-order chi connectivity index (χ0) is 19.2. The van der Waals surface area contributed by atoms with Crippen LogP contribution in [-0.4, -0.2) is 55.7 Å². The standard InChI is InChI=1S/C20H24F2N4O.HI/c1-23-20(24-10-9-15-16(21)5-4-6-17(15)22)26-13-11-25(12-14-26)18-7-2-3-8-19(18)27;/h2-8,27H,9-14H2,1H3,(H,23,24);1H. The first-order chi connectivity index (χ1) is 13.1. The van der Waals surface area contributed by atoms with Crippen LogP contribution in [-0.2, 0) is 6.42 Å². The highest BCUT2D eigenvalue weighted by Gasteiger charge is 2.21. The van der Waals surface area contributed by atoms with Crippen LogP contribution < -0.4 is 10.2 Å². The average Bonchev–Trinajstić information content (AvgIpc) is 2.68. The summed E-state index contributed by atoms with van der Waals surface area (Å²) in [5, 5.41) is 13.2. The van der Waals surface area contributed by atoms with E-state index in [-0.39, 0.29) is 41.7 Å². The molecule has 1 heterocycles. The van der Waals surface area contributed by atoms with Crippen LogP contribution in [0, 0.1) is 11.6 Å². The molecule has 0 radical (unpaired) electrons. The number of piperazine rings is 1. The van der Waals surface area contributed by atoms with Gasteiger partial charge in [0, 0.05) is 45.3 Å². The average molecular weight is 502 g/mol. The molecule has 0 bridgehead atoms. The second-order valence-electron chi connectivity index (χ2n) is 6.39. The van der Waals surface area contributed by atoms with Gasteiger partial charge in [-0.2, -0.15) is 0 Å². The lowest BCUT2D eigenvalue weighted by Gasteiger charge is -2.37. The van der Waals surface area contributed by atoms with Crippen molar-refractivity contribution in [2.75, 3.05) is 44.7 Å². The molecule has 0 spiro atoms. The number of phenols is 1. The fourth-order valence-corrected chi connectivity index (χ4v) is 3.29. The number of anilines is 1. The molecule has 0 amide bonds. The molecule has 3 rings (SSSR count). The largest absolute Gasteiger partial charge is 0.506 e. The van der Waals surface area contributed by atoms with Crippen molar-refractivity contribution in [3.05, 3.63) is 59.7 Å². The van der Waals surface area contributed by atoms with Gasteiger partial charge in [-0.3, -0.25) is 4.99 Å². The summed E-state index contributed by atoms with van der Waals surface area (Å²) in [5.41, 5.74) is 0.917. The van der Waals surface area contributed by atoms with Crippen LogP contribution in [0.4, 0.5) is 14.5 Å². The van der Waals surface area contributed by atoms with Crippen LogP contribution in [0.5, 0.6) is 5.75 Å². The fraction of sp³-hybridized carbons (Fsp3) is 0.350. The van der Waals surface area contributed by atoms with Crippen LogP contribution >= 0.6 is 24.0 Å². The second-order valence-corrected chi connectivity index (χ2v) is 6.39. The van der Waals surface area contributed by atoms with Crippen molar-refractivity contribution < 1.29 is 13.9 Å². The van der Waals surface area contributed by atoms with Gasteiger partial charge in [0.05, 0.1) is 5.69 Å². The molecule has 0 atom stereocenters. The first kappa shape index (κ1) is 22.2. The van der Waals surface area contributed by atoms with E-state index in [9.17, 15) is 13.9 Å². The van der Waals surface area contributed by atoms with Crippen LogP contribution in [0.1, 0.15) is 5.56 Å². The number of nitrogens with one attached hydrogen (secondary N) is 1. The predicted octanol–water partition coefficient (Wildman–Crippen LogP) is 3.23. The monoisotopic (exact) mass is 502 g/mol. The van der Waals surface area contributed by atoms with E-state index in [0.29, 0.717) is 12.5 Å². The third-order valence-corrected chi connectivity index (χ3v) is 4.73. The topological polar surface area (TPSA) is 51.1 Å². The van der Waals surface area contributed by atoms with E-state index >= 15 is 0 Å². The number of hydrogen-bond donors (Lipinski definition) is 2. The van der Waals surface area contributed by atoms with E-state index in [4.69, 9.17) is 0 Å². The Kier molecular flexibility index (Phi) is 8.28. The zero-order valence-electron chi connectivity index (χ0n) is 15.7. The van der Waals surface area contributed by atoms with Gasteiger partial charge in [-0.15, -0.1) is 24.0 Å². The molecule has 1 saturated heterocycles. The Labute approximate surface area is 181 Å². The van der Waals surface area contributed by atoms with Crippen molar-refractivity contribution in [1.29, 1.82) is 0 Å². The van der Waals surface area contributed by atoms with Crippen molar-refractivity contribution in [3.8, 4) is 5.75 Å². The summed E-state index contributed by atoms with van der Waals surface area (Å²) >= 11 is 0. The number of rotatable bonds is 4. The van der Waals surface area contributed by atoms with E-state index in [2.05, 4.69) is 20.1 Å². The SMILES string of the molecule is CN=C(NCCc1c(F)cccc1F)N1CCN(c2ccccc2O)CC1.I. The molecule has 0 unspecified atom stereocenters. The molecule has 1 fully saturated rings. The number of nitrogens with zero attached hydrogens (tertiary/aromatic N) is 3. The number of para-hydroxylation sites is 2. The lowest BCUT2D eigenvalue weighted by atomic mass is 10.1. The first-order valence-corrected chi connectivity index (χ1v) is 9.01. The maximum Gasteiger partial charge on any atom is 0.193 e. The van der Waals surface area contributed by atoms with Crippen molar-refractivity contribution >= 4 is 35.6 Å². The summed E-state index contributed by atoms with van der Waals surface area (Å²) in [6.45, 7) is 3.37. The number of phenolic OH excluding ortho intramolecular Hbond substituents is 1. The third kappa shape index (κ3) is 5.24. The lowest BCUT2D eigenvalue weighted by molar-refractivity contribution is 0.370. The molecule has 152 valence electrons. The highest BCUT2D eigenvalue weighted by molar-refractivity contribution is 14.0. The van der Waals surface area contributed by atoms with Gasteiger partial charge >= 0.3 is 0 Å². The number of aliphatic imine (C=N–C) groups is 1. The Bertz CT molecular complexity index is 790. The Morgan fingerprint density at radius 3 is 2.29 bits per heavy atom. The van der Waals surface area contributed by atoms with Crippen LogP contribution in [0.2, 0.25) is 0 Å². The Morgan fingerprint density at radius 2 is 1.68 bits per heavy atom. The Balaban J connectivity index is 0.00000280. The maximum atomic E-state index is 13.7. The van der Waals surface area contributed by atoms with Gasteiger partial charge < -0.3 is 20.2 Å². The highest BCUT2D eigenvalue weighted by Crippen LogP contribution is 2.27. The van der Waals surface area contributed by atoms with Gasteiger partial charge in [0.1, 0.15) is 17.4 Å². The van der Waals surface area contributed by atoms with Gasteiger partial charge in [0.2, 0.25) is 0 Å². The minimum Gasteiger partial charge on any atom is -0.506 e. The number of hydrogen-bond acceptors (Lipinski definition) is 3. The zero-order valence-corrected chi connectivity index (χ0v) is 18.1. The van der Waals surface area contributed by atoms with Crippen molar-refractivity contribution in [2.45, 2.75) is 6.42 Å². The predicted molar refractivity (Wildman–Crippen MR) is 119 cm³/mol. The van der Waals surface area contributed by atoms with E-state index in [1.165, 1.54) is 18.2 Å². The number of aromatic hydroxyl groups is 1. The molecular formula is C20H25F2IN4O. The van der Waals surface area contributed by atoms with E-state index in [0.717, 1.165) is 31.9 Å². The summed E-state index contributed by atoms with van der Waals surface area (Å²) in [6, 6.07) is 11.2. The van der Waals surface area contributed by atoms with Crippen LogP contribution in [0.25, 0.3) is 0 Å².